The second kappa shape index (κ2) is 6.14. The van der Waals surface area contributed by atoms with Gasteiger partial charge in [0, 0.05) is 18.6 Å². The molecule has 1 aromatic carbocycles. The van der Waals surface area contributed by atoms with E-state index in [2.05, 4.69) is 16.9 Å². The van der Waals surface area contributed by atoms with Crippen LogP contribution in [0.4, 0.5) is 0 Å². The molecule has 0 unspecified atom stereocenters. The molecule has 70 valence electrons. The molecule has 13 heavy (non-hydrogen) atoms. The van der Waals surface area contributed by atoms with Crippen molar-refractivity contribution >= 4 is 19.0 Å². The van der Waals surface area contributed by atoms with E-state index >= 15 is 0 Å². The lowest BCUT2D eigenvalue weighted by atomic mass is 10.2. The van der Waals surface area contributed by atoms with Crippen molar-refractivity contribution in [2.45, 2.75) is 11.3 Å². The fraction of sp³-hybridized carbons (Fsp3) is 0.333. The summed E-state index contributed by atoms with van der Waals surface area (Å²) in [6.45, 7) is 0.217. The third kappa shape index (κ3) is 3.90. The Morgan fingerprint density at radius 1 is 1.38 bits per heavy atom. The molecule has 0 radical (unpaired) electrons. The van der Waals surface area contributed by atoms with E-state index in [1.54, 1.807) is 18.4 Å². The summed E-state index contributed by atoms with van der Waals surface area (Å²) < 4.78 is 3.98. The number of aliphatic hydroxyl groups is 1. The van der Waals surface area contributed by atoms with Gasteiger partial charge in [-0.3, -0.25) is 4.74 Å². The van der Waals surface area contributed by atoms with Crippen LogP contribution in [0.25, 0.3) is 0 Å². The van der Waals surface area contributed by atoms with Crippen LogP contribution < -0.4 is 0 Å². The first-order valence-electron chi connectivity index (χ1n) is 4.03. The largest absolute Gasteiger partial charge is 0.396 e. The molecule has 0 atom stereocenters. The molecule has 0 fully saturated rings. The molecule has 0 saturated carbocycles. The molecule has 1 N–H and O–H groups in total. The Morgan fingerprint density at radius 3 is 2.62 bits per heavy atom. The molecule has 4 heteroatoms. The number of rotatable bonds is 4. The highest BCUT2D eigenvalue weighted by Gasteiger charge is 1.93. The molecule has 0 aliphatic heterocycles. The van der Waals surface area contributed by atoms with Gasteiger partial charge in [0.1, 0.15) is 0 Å². The molecular formula is C9H12NOPS. The monoisotopic (exact) mass is 213 g/mol. The third-order valence-electron chi connectivity index (χ3n) is 1.55. The van der Waals surface area contributed by atoms with Crippen LogP contribution in [0.2, 0.25) is 0 Å². The van der Waals surface area contributed by atoms with Gasteiger partial charge in [-0.05, 0) is 35.5 Å². The van der Waals surface area contributed by atoms with Gasteiger partial charge in [-0.25, -0.2) is 0 Å². The average molecular weight is 213 g/mol. The number of hydrogen-bond donors (Lipinski definition) is 1. The first-order chi connectivity index (χ1) is 6.36. The lowest BCUT2D eigenvalue weighted by Crippen LogP contribution is -1.88. The minimum absolute atomic E-state index is 0.217. The van der Waals surface area contributed by atoms with E-state index in [1.165, 1.54) is 10.5 Å². The van der Waals surface area contributed by atoms with Gasteiger partial charge < -0.3 is 5.11 Å². The Bertz CT molecular complexity index is 273. The fourth-order valence-electron chi connectivity index (χ4n) is 0.934. The number of nitrogens with zero attached hydrogens (tertiary/aromatic N) is 1. The van der Waals surface area contributed by atoms with Gasteiger partial charge in [-0.2, -0.15) is 0 Å². The number of hydrogen-bond acceptors (Lipinski definition) is 3. The Kier molecular flexibility index (Phi) is 5.06. The van der Waals surface area contributed by atoms with E-state index in [9.17, 15) is 0 Å². The quantitative estimate of drug-likeness (QED) is 0.780. The Morgan fingerprint density at radius 2 is 2.08 bits per heavy atom. The van der Waals surface area contributed by atoms with Crippen LogP contribution in [0.15, 0.2) is 33.9 Å². The van der Waals surface area contributed by atoms with Crippen LogP contribution >= 0.6 is 19.0 Å². The maximum absolute atomic E-state index is 8.71. The summed E-state index contributed by atoms with van der Waals surface area (Å²) in [5.74, 6) is 0. The Balaban J connectivity index is 2.58. The van der Waals surface area contributed by atoms with Crippen molar-refractivity contribution in [1.29, 1.82) is 0 Å². The highest BCUT2D eigenvalue weighted by molar-refractivity contribution is 8.46. The van der Waals surface area contributed by atoms with Crippen molar-refractivity contribution in [1.82, 2.24) is 0 Å². The molecule has 0 aliphatic carbocycles. The zero-order chi connectivity index (χ0) is 9.52. The minimum Gasteiger partial charge on any atom is -0.396 e. The first-order valence-corrected chi connectivity index (χ1v) is 6.29. The molecule has 0 saturated heterocycles. The highest BCUT2D eigenvalue weighted by Crippen LogP contribution is 2.30. The van der Waals surface area contributed by atoms with Gasteiger partial charge in [0.25, 0.3) is 0 Å². The second-order valence-corrected chi connectivity index (χ2v) is 4.75. The Labute approximate surface area is 84.0 Å². The molecule has 0 amide bonds. The predicted molar refractivity (Wildman–Crippen MR) is 58.4 cm³/mol. The SMILES string of the molecule is CN=PSc1ccc(CCO)cc1. The summed E-state index contributed by atoms with van der Waals surface area (Å²) >= 11 is 1.69. The third-order valence-corrected chi connectivity index (χ3v) is 3.65. The van der Waals surface area contributed by atoms with E-state index in [4.69, 9.17) is 5.11 Å². The average Bonchev–Trinajstić information content (AvgIpc) is 2.17. The maximum Gasteiger partial charge on any atom is 0.0779 e. The summed E-state index contributed by atoms with van der Waals surface area (Å²) in [6.07, 6.45) is 0.737. The van der Waals surface area contributed by atoms with Gasteiger partial charge in [-0.15, -0.1) is 0 Å². The van der Waals surface area contributed by atoms with Crippen molar-refractivity contribution in [2.24, 2.45) is 4.74 Å². The van der Waals surface area contributed by atoms with Crippen LogP contribution in [0.5, 0.6) is 0 Å². The lowest BCUT2D eigenvalue weighted by Gasteiger charge is -1.98. The summed E-state index contributed by atoms with van der Waals surface area (Å²) in [5, 5.41) is 8.71. The molecule has 0 spiro atoms. The van der Waals surface area contributed by atoms with E-state index in [0.29, 0.717) is 0 Å². The molecule has 0 aliphatic rings. The lowest BCUT2D eigenvalue weighted by molar-refractivity contribution is 0.299. The summed E-state index contributed by atoms with van der Waals surface area (Å²) in [4.78, 5) is 1.22. The molecular weight excluding hydrogens is 201 g/mol. The zero-order valence-corrected chi connectivity index (χ0v) is 9.18. The van der Waals surface area contributed by atoms with E-state index in [0.717, 1.165) is 14.0 Å². The molecule has 1 aromatic rings. The fourth-order valence-corrected chi connectivity index (χ4v) is 2.26. The smallest absolute Gasteiger partial charge is 0.0779 e. The van der Waals surface area contributed by atoms with Crippen molar-refractivity contribution in [3.63, 3.8) is 0 Å². The van der Waals surface area contributed by atoms with Crippen molar-refractivity contribution < 1.29 is 5.11 Å². The summed E-state index contributed by atoms with van der Waals surface area (Å²) in [5.41, 5.74) is 1.18. The second-order valence-electron chi connectivity index (χ2n) is 2.49. The van der Waals surface area contributed by atoms with Crippen LogP contribution in [-0.4, -0.2) is 18.8 Å². The standard InChI is InChI=1S/C9H12NOPS/c1-10-12-13-9-4-2-8(3-5-9)6-7-11/h2-5,11H,6-7H2,1H3. The van der Waals surface area contributed by atoms with Gasteiger partial charge in [0.2, 0.25) is 0 Å². The van der Waals surface area contributed by atoms with Gasteiger partial charge in [-0.1, -0.05) is 12.1 Å². The van der Waals surface area contributed by atoms with Gasteiger partial charge in [0.05, 0.1) is 7.57 Å². The number of benzene rings is 1. The normalized spacial score (nSPS) is 10.9. The zero-order valence-electron chi connectivity index (χ0n) is 7.47. The van der Waals surface area contributed by atoms with E-state index < -0.39 is 0 Å². The van der Waals surface area contributed by atoms with Crippen molar-refractivity contribution in [3.05, 3.63) is 29.8 Å². The van der Waals surface area contributed by atoms with E-state index in [1.807, 2.05) is 12.1 Å². The van der Waals surface area contributed by atoms with Crippen LogP contribution in [0.1, 0.15) is 5.56 Å². The maximum atomic E-state index is 8.71. The van der Waals surface area contributed by atoms with Crippen molar-refractivity contribution in [3.8, 4) is 0 Å². The van der Waals surface area contributed by atoms with Gasteiger partial charge in [0.15, 0.2) is 0 Å². The predicted octanol–water partition coefficient (Wildman–Crippen LogP) is 2.99. The molecule has 0 heterocycles. The van der Waals surface area contributed by atoms with Crippen LogP contribution in [0, 0.1) is 0 Å². The van der Waals surface area contributed by atoms with Gasteiger partial charge >= 0.3 is 0 Å². The van der Waals surface area contributed by atoms with E-state index in [-0.39, 0.29) is 6.61 Å². The molecule has 0 bridgehead atoms. The summed E-state index contributed by atoms with van der Waals surface area (Å²) in [6, 6.07) is 8.22. The molecule has 1 rings (SSSR count). The van der Waals surface area contributed by atoms with Crippen molar-refractivity contribution in [2.75, 3.05) is 13.7 Å². The first kappa shape index (κ1) is 10.7. The number of aliphatic hydroxyl groups excluding tert-OH is 1. The molecule has 0 aromatic heterocycles. The minimum atomic E-state index is 0.217. The summed E-state index contributed by atoms with van der Waals surface area (Å²) in [7, 11) is 2.83. The topological polar surface area (TPSA) is 32.6 Å². The highest BCUT2D eigenvalue weighted by atomic mass is 32.7. The Hall–Kier alpha value is -0.370. The molecule has 2 nitrogen and oxygen atoms in total. The van der Waals surface area contributed by atoms with Crippen LogP contribution in [-0.2, 0) is 6.42 Å². The van der Waals surface area contributed by atoms with Crippen LogP contribution in [0.3, 0.4) is 0 Å².